The highest BCUT2D eigenvalue weighted by molar-refractivity contribution is 7.89. The van der Waals surface area contributed by atoms with Crippen LogP contribution in [0, 0.1) is 5.92 Å². The van der Waals surface area contributed by atoms with E-state index >= 15 is 0 Å². The Morgan fingerprint density at radius 2 is 2.11 bits per heavy atom. The maximum atomic E-state index is 12.0. The summed E-state index contributed by atoms with van der Waals surface area (Å²) in [6.07, 6.45) is 0. The van der Waals surface area contributed by atoms with Gasteiger partial charge in [0, 0.05) is 19.5 Å². The second kappa shape index (κ2) is 6.41. The molecule has 0 aliphatic rings. The molecule has 6 heteroatoms. The van der Waals surface area contributed by atoms with Crippen molar-refractivity contribution < 1.29 is 13.5 Å². The number of sulfonamides is 1. The molecule has 0 saturated heterocycles. The summed E-state index contributed by atoms with van der Waals surface area (Å²) >= 11 is 5.63. The van der Waals surface area contributed by atoms with Crippen LogP contribution in [-0.2, 0) is 16.6 Å². The van der Waals surface area contributed by atoms with E-state index in [1.165, 1.54) is 11.4 Å². The lowest BCUT2D eigenvalue weighted by Crippen LogP contribution is -2.31. The number of phenolic OH excluding ortho intramolecular Hbond substituents is 1. The van der Waals surface area contributed by atoms with Gasteiger partial charge in [-0.15, -0.1) is 11.6 Å². The van der Waals surface area contributed by atoms with Gasteiger partial charge in [0.1, 0.15) is 5.75 Å². The summed E-state index contributed by atoms with van der Waals surface area (Å²) in [6.45, 7) is 2.04. The summed E-state index contributed by atoms with van der Waals surface area (Å²) in [7, 11) is -1.79. The smallest absolute Gasteiger partial charge is 0.214 e. The monoisotopic (exact) mass is 291 g/mol. The third kappa shape index (κ3) is 4.48. The first-order valence-electron chi connectivity index (χ1n) is 5.63. The molecule has 0 aromatic heterocycles. The number of hydrogen-bond acceptors (Lipinski definition) is 3. The Morgan fingerprint density at radius 1 is 1.44 bits per heavy atom. The Morgan fingerprint density at radius 3 is 2.67 bits per heavy atom. The van der Waals surface area contributed by atoms with E-state index < -0.39 is 10.0 Å². The minimum atomic E-state index is -3.32. The molecule has 1 aromatic carbocycles. The van der Waals surface area contributed by atoms with Gasteiger partial charge in [-0.3, -0.25) is 0 Å². The zero-order valence-corrected chi connectivity index (χ0v) is 12.1. The third-order valence-corrected chi connectivity index (χ3v) is 5.15. The summed E-state index contributed by atoms with van der Waals surface area (Å²) in [6, 6.07) is 6.56. The predicted molar refractivity (Wildman–Crippen MR) is 73.2 cm³/mol. The second-order valence-corrected chi connectivity index (χ2v) is 6.89. The van der Waals surface area contributed by atoms with Crippen LogP contribution in [0.4, 0.5) is 0 Å². The summed E-state index contributed by atoms with van der Waals surface area (Å²) in [5.41, 5.74) is 0.750. The molecule has 102 valence electrons. The lowest BCUT2D eigenvalue weighted by atomic mass is 10.2. The fourth-order valence-corrected chi connectivity index (χ4v) is 3.22. The lowest BCUT2D eigenvalue weighted by Gasteiger charge is -2.19. The fraction of sp³-hybridized carbons (Fsp3) is 0.500. The standard InChI is InChI=1S/C12H18ClNO3S/c1-10(7-13)9-18(16,17)14(2)8-11-4-3-5-12(15)6-11/h3-6,10,15H,7-9H2,1-2H3. The largest absolute Gasteiger partial charge is 0.508 e. The van der Waals surface area contributed by atoms with Crippen LogP contribution in [0.15, 0.2) is 24.3 Å². The topological polar surface area (TPSA) is 57.6 Å². The van der Waals surface area contributed by atoms with Gasteiger partial charge in [-0.05, 0) is 23.6 Å². The Hall–Kier alpha value is -0.780. The van der Waals surface area contributed by atoms with E-state index in [9.17, 15) is 13.5 Å². The highest BCUT2D eigenvalue weighted by Crippen LogP contribution is 2.15. The van der Waals surface area contributed by atoms with Gasteiger partial charge in [0.05, 0.1) is 5.75 Å². The molecule has 18 heavy (non-hydrogen) atoms. The first kappa shape index (κ1) is 15.3. The van der Waals surface area contributed by atoms with Crippen molar-refractivity contribution in [2.45, 2.75) is 13.5 Å². The van der Waals surface area contributed by atoms with Crippen molar-refractivity contribution in [1.82, 2.24) is 4.31 Å². The predicted octanol–water partition coefficient (Wildman–Crippen LogP) is 2.03. The van der Waals surface area contributed by atoms with Crippen LogP contribution < -0.4 is 0 Å². The molecule has 0 bridgehead atoms. The SMILES string of the molecule is CC(CCl)CS(=O)(=O)N(C)Cc1cccc(O)c1. The molecule has 0 radical (unpaired) electrons. The van der Waals surface area contributed by atoms with Gasteiger partial charge in [-0.25, -0.2) is 12.7 Å². The minimum Gasteiger partial charge on any atom is -0.508 e. The van der Waals surface area contributed by atoms with Gasteiger partial charge in [-0.1, -0.05) is 19.1 Å². The Balaban J connectivity index is 2.73. The number of nitrogens with zero attached hydrogens (tertiary/aromatic N) is 1. The van der Waals surface area contributed by atoms with Crippen LogP contribution in [0.5, 0.6) is 5.75 Å². The van der Waals surface area contributed by atoms with E-state index in [0.29, 0.717) is 5.88 Å². The van der Waals surface area contributed by atoms with E-state index in [-0.39, 0.29) is 24.0 Å². The molecule has 0 heterocycles. The van der Waals surface area contributed by atoms with Crippen molar-refractivity contribution in [2.75, 3.05) is 18.7 Å². The van der Waals surface area contributed by atoms with Gasteiger partial charge in [0.25, 0.3) is 0 Å². The quantitative estimate of drug-likeness (QED) is 0.816. The van der Waals surface area contributed by atoms with Gasteiger partial charge in [-0.2, -0.15) is 0 Å². The summed E-state index contributed by atoms with van der Waals surface area (Å²) < 4.78 is 25.3. The normalized spacial score (nSPS) is 13.8. The maximum absolute atomic E-state index is 12.0. The molecular weight excluding hydrogens is 274 g/mol. The van der Waals surface area contributed by atoms with Crippen molar-refractivity contribution in [2.24, 2.45) is 5.92 Å². The molecule has 1 aromatic rings. The highest BCUT2D eigenvalue weighted by Gasteiger charge is 2.20. The van der Waals surface area contributed by atoms with Crippen LogP contribution in [0.25, 0.3) is 0 Å². The average Bonchev–Trinajstić information content (AvgIpc) is 2.28. The van der Waals surface area contributed by atoms with Crippen molar-refractivity contribution in [3.05, 3.63) is 29.8 Å². The molecule has 1 atom stereocenters. The molecule has 1 N–H and O–H groups in total. The van der Waals surface area contributed by atoms with Gasteiger partial charge in [0.2, 0.25) is 10.0 Å². The Kier molecular flexibility index (Phi) is 5.44. The number of halogens is 1. The summed E-state index contributed by atoms with van der Waals surface area (Å²) in [5, 5.41) is 9.33. The number of aromatic hydroxyl groups is 1. The zero-order chi connectivity index (χ0) is 13.8. The van der Waals surface area contributed by atoms with Crippen molar-refractivity contribution >= 4 is 21.6 Å². The van der Waals surface area contributed by atoms with Crippen LogP contribution in [0.3, 0.4) is 0 Å². The molecule has 0 aliphatic carbocycles. The Labute approximate surface area is 113 Å². The molecule has 4 nitrogen and oxygen atoms in total. The lowest BCUT2D eigenvalue weighted by molar-refractivity contribution is 0.453. The van der Waals surface area contributed by atoms with Crippen LogP contribution in [0.1, 0.15) is 12.5 Å². The number of hydrogen-bond donors (Lipinski definition) is 1. The molecule has 0 aliphatic heterocycles. The average molecular weight is 292 g/mol. The van der Waals surface area contributed by atoms with Crippen LogP contribution in [0.2, 0.25) is 0 Å². The highest BCUT2D eigenvalue weighted by atomic mass is 35.5. The van der Waals surface area contributed by atoms with Gasteiger partial charge < -0.3 is 5.11 Å². The second-order valence-electron chi connectivity index (χ2n) is 4.46. The Bertz CT molecular complexity index is 490. The minimum absolute atomic E-state index is 0.0335. The number of phenols is 1. The van der Waals surface area contributed by atoms with Crippen LogP contribution >= 0.6 is 11.6 Å². The van der Waals surface area contributed by atoms with E-state index in [1.807, 2.05) is 0 Å². The van der Waals surface area contributed by atoms with E-state index in [1.54, 1.807) is 31.2 Å². The van der Waals surface area contributed by atoms with E-state index in [4.69, 9.17) is 11.6 Å². The third-order valence-electron chi connectivity index (χ3n) is 2.55. The summed E-state index contributed by atoms with van der Waals surface area (Å²) in [4.78, 5) is 0. The number of benzene rings is 1. The van der Waals surface area contributed by atoms with Crippen molar-refractivity contribution in [1.29, 1.82) is 0 Å². The van der Waals surface area contributed by atoms with Crippen molar-refractivity contribution in [3.8, 4) is 5.75 Å². The number of alkyl halides is 1. The van der Waals surface area contributed by atoms with Crippen LogP contribution in [-0.4, -0.2) is 36.5 Å². The molecule has 1 unspecified atom stereocenters. The van der Waals surface area contributed by atoms with E-state index in [2.05, 4.69) is 0 Å². The number of rotatable bonds is 6. The first-order chi connectivity index (χ1) is 8.35. The van der Waals surface area contributed by atoms with E-state index in [0.717, 1.165) is 5.56 Å². The molecule has 0 spiro atoms. The molecule has 0 amide bonds. The van der Waals surface area contributed by atoms with Crippen molar-refractivity contribution in [3.63, 3.8) is 0 Å². The molecular formula is C12H18ClNO3S. The summed E-state index contributed by atoms with van der Waals surface area (Å²) in [5.74, 6) is 0.404. The first-order valence-corrected chi connectivity index (χ1v) is 7.77. The molecule has 1 rings (SSSR count). The molecule has 0 fully saturated rings. The zero-order valence-electron chi connectivity index (χ0n) is 10.5. The fourth-order valence-electron chi connectivity index (χ4n) is 1.54. The molecule has 0 saturated carbocycles. The van der Waals surface area contributed by atoms with Gasteiger partial charge in [0.15, 0.2) is 0 Å². The maximum Gasteiger partial charge on any atom is 0.214 e. The van der Waals surface area contributed by atoms with Gasteiger partial charge >= 0.3 is 0 Å².